The van der Waals surface area contributed by atoms with Crippen molar-refractivity contribution < 1.29 is 14.6 Å². The zero-order valence-electron chi connectivity index (χ0n) is 15.4. The van der Waals surface area contributed by atoms with Crippen molar-refractivity contribution in [2.45, 2.75) is 90.1 Å². The first kappa shape index (κ1) is 19.5. The maximum Gasteiger partial charge on any atom is 0.303 e. The van der Waals surface area contributed by atoms with Crippen molar-refractivity contribution in [2.24, 2.45) is 17.8 Å². The van der Waals surface area contributed by atoms with Gasteiger partial charge in [-0.05, 0) is 62.7 Å². The van der Waals surface area contributed by atoms with Gasteiger partial charge in [-0.3, -0.25) is 4.79 Å². The Bertz CT molecular complexity index is 391. The molecule has 0 spiro atoms. The SMILES string of the molecule is CCCCCCCO[C@H]1[C@H]2CC[C@H](C2)[C@H]1C/C=C\CCCC(=O)O. The van der Waals surface area contributed by atoms with Crippen LogP contribution in [0.2, 0.25) is 0 Å². The molecule has 0 aromatic rings. The maximum atomic E-state index is 10.5. The number of carbonyl (C=O) groups is 1. The van der Waals surface area contributed by atoms with Crippen LogP contribution in [0, 0.1) is 17.8 Å². The minimum Gasteiger partial charge on any atom is -0.481 e. The Hall–Kier alpha value is -0.830. The molecule has 2 aliphatic rings. The molecule has 2 saturated carbocycles. The van der Waals surface area contributed by atoms with Gasteiger partial charge in [0.1, 0.15) is 0 Å². The van der Waals surface area contributed by atoms with Gasteiger partial charge in [-0.15, -0.1) is 0 Å². The van der Waals surface area contributed by atoms with E-state index in [1.165, 1.54) is 51.4 Å². The van der Waals surface area contributed by atoms with Gasteiger partial charge in [0, 0.05) is 13.0 Å². The van der Waals surface area contributed by atoms with Crippen molar-refractivity contribution in [3.05, 3.63) is 12.2 Å². The van der Waals surface area contributed by atoms with E-state index in [1.54, 1.807) is 0 Å². The van der Waals surface area contributed by atoms with Crippen LogP contribution >= 0.6 is 0 Å². The summed E-state index contributed by atoms with van der Waals surface area (Å²) in [6, 6.07) is 0. The summed E-state index contributed by atoms with van der Waals surface area (Å²) in [7, 11) is 0. The highest BCUT2D eigenvalue weighted by molar-refractivity contribution is 5.66. The third kappa shape index (κ3) is 6.23. The largest absolute Gasteiger partial charge is 0.481 e. The fourth-order valence-corrected chi connectivity index (χ4v) is 4.61. The molecule has 2 rings (SSSR count). The molecule has 0 aromatic carbocycles. The van der Waals surface area contributed by atoms with Crippen LogP contribution in [0.15, 0.2) is 12.2 Å². The number of ether oxygens (including phenoxy) is 1. The molecule has 2 aliphatic carbocycles. The molecule has 0 aliphatic heterocycles. The Morgan fingerprint density at radius 1 is 1.08 bits per heavy atom. The van der Waals surface area contributed by atoms with Gasteiger partial charge in [-0.25, -0.2) is 0 Å². The zero-order chi connectivity index (χ0) is 17.2. The van der Waals surface area contributed by atoms with E-state index in [0.717, 1.165) is 37.7 Å². The summed E-state index contributed by atoms with van der Waals surface area (Å²) in [4.78, 5) is 10.5. The normalized spacial score (nSPS) is 28.9. The Labute approximate surface area is 147 Å². The van der Waals surface area contributed by atoms with Gasteiger partial charge < -0.3 is 9.84 Å². The predicted molar refractivity (Wildman–Crippen MR) is 98.1 cm³/mol. The molecule has 4 atom stereocenters. The van der Waals surface area contributed by atoms with Crippen molar-refractivity contribution in [1.29, 1.82) is 0 Å². The average molecular weight is 337 g/mol. The van der Waals surface area contributed by atoms with Crippen LogP contribution in [0.3, 0.4) is 0 Å². The molecule has 0 amide bonds. The van der Waals surface area contributed by atoms with E-state index in [0.29, 0.717) is 12.0 Å². The quantitative estimate of drug-likeness (QED) is 0.352. The Morgan fingerprint density at radius 3 is 2.67 bits per heavy atom. The van der Waals surface area contributed by atoms with Gasteiger partial charge in [-0.2, -0.15) is 0 Å². The van der Waals surface area contributed by atoms with Crippen LogP contribution < -0.4 is 0 Å². The highest BCUT2D eigenvalue weighted by Gasteiger charge is 2.47. The lowest BCUT2D eigenvalue weighted by atomic mass is 9.84. The zero-order valence-corrected chi connectivity index (χ0v) is 15.4. The van der Waals surface area contributed by atoms with Crippen LogP contribution in [-0.2, 0) is 9.53 Å². The molecule has 0 aromatic heterocycles. The number of unbranched alkanes of at least 4 members (excludes halogenated alkanes) is 5. The Kier molecular flexibility index (Phi) is 8.87. The number of carboxylic acids is 1. The van der Waals surface area contributed by atoms with Crippen LogP contribution in [0.25, 0.3) is 0 Å². The third-order valence-electron chi connectivity index (χ3n) is 5.90. The highest BCUT2D eigenvalue weighted by atomic mass is 16.5. The van der Waals surface area contributed by atoms with Gasteiger partial charge in [0.15, 0.2) is 0 Å². The fourth-order valence-electron chi connectivity index (χ4n) is 4.61. The van der Waals surface area contributed by atoms with E-state index in [1.807, 2.05) is 0 Å². The molecule has 2 bridgehead atoms. The van der Waals surface area contributed by atoms with Crippen molar-refractivity contribution in [3.63, 3.8) is 0 Å². The third-order valence-corrected chi connectivity index (χ3v) is 5.90. The van der Waals surface area contributed by atoms with Gasteiger partial charge in [0.2, 0.25) is 0 Å². The van der Waals surface area contributed by atoms with E-state index in [9.17, 15) is 4.79 Å². The second-order valence-corrected chi connectivity index (χ2v) is 7.74. The van der Waals surface area contributed by atoms with Crippen molar-refractivity contribution in [3.8, 4) is 0 Å². The van der Waals surface area contributed by atoms with E-state index in [-0.39, 0.29) is 6.42 Å². The topological polar surface area (TPSA) is 46.5 Å². The van der Waals surface area contributed by atoms with E-state index < -0.39 is 5.97 Å². The Balaban J connectivity index is 1.65. The van der Waals surface area contributed by atoms with E-state index >= 15 is 0 Å². The average Bonchev–Trinajstić information content (AvgIpc) is 3.15. The predicted octanol–water partition coefficient (Wildman–Crippen LogP) is 5.59. The van der Waals surface area contributed by atoms with E-state index in [4.69, 9.17) is 9.84 Å². The van der Waals surface area contributed by atoms with Crippen LogP contribution in [-0.4, -0.2) is 23.8 Å². The molecule has 1 N–H and O–H groups in total. The second kappa shape index (κ2) is 10.9. The van der Waals surface area contributed by atoms with Crippen molar-refractivity contribution >= 4 is 5.97 Å². The smallest absolute Gasteiger partial charge is 0.303 e. The summed E-state index contributed by atoms with van der Waals surface area (Å²) < 4.78 is 6.33. The minimum absolute atomic E-state index is 0.280. The monoisotopic (exact) mass is 336 g/mol. The number of allylic oxidation sites excluding steroid dienone is 2. The van der Waals surface area contributed by atoms with Crippen LogP contribution in [0.1, 0.15) is 84.0 Å². The maximum absolute atomic E-state index is 10.5. The van der Waals surface area contributed by atoms with Gasteiger partial charge in [0.25, 0.3) is 0 Å². The molecule has 2 fully saturated rings. The number of aliphatic carboxylic acids is 1. The van der Waals surface area contributed by atoms with Crippen molar-refractivity contribution in [2.75, 3.05) is 6.61 Å². The lowest BCUT2D eigenvalue weighted by molar-refractivity contribution is -0.137. The molecule has 138 valence electrons. The molecule has 24 heavy (non-hydrogen) atoms. The summed E-state index contributed by atoms with van der Waals surface area (Å²) in [6.07, 6.45) is 18.6. The number of hydrogen-bond donors (Lipinski definition) is 1. The molecule has 3 nitrogen and oxygen atoms in total. The van der Waals surface area contributed by atoms with Crippen LogP contribution in [0.5, 0.6) is 0 Å². The summed E-state index contributed by atoms with van der Waals surface area (Å²) in [5.41, 5.74) is 0. The molecule has 3 heteroatoms. The summed E-state index contributed by atoms with van der Waals surface area (Å²) in [5, 5.41) is 8.66. The number of rotatable bonds is 13. The molecule has 0 radical (unpaired) electrons. The molecule has 0 unspecified atom stereocenters. The first-order valence-electron chi connectivity index (χ1n) is 10.2. The standard InChI is InChI=1S/C21H36O3/c1-2-3-4-7-10-15-24-21-18-14-13-17(16-18)19(21)11-8-5-6-9-12-20(22)23/h5,8,17-19,21H,2-4,6-7,9-16H2,1H3,(H,22,23)/b8-5-/t17-,18+,19-,21+/m1/s1. The summed E-state index contributed by atoms with van der Waals surface area (Å²) in [5.74, 6) is 1.68. The Morgan fingerprint density at radius 2 is 1.88 bits per heavy atom. The van der Waals surface area contributed by atoms with Crippen LogP contribution in [0.4, 0.5) is 0 Å². The first-order chi connectivity index (χ1) is 11.7. The van der Waals surface area contributed by atoms with Crippen molar-refractivity contribution in [1.82, 2.24) is 0 Å². The molecular weight excluding hydrogens is 300 g/mol. The summed E-state index contributed by atoms with van der Waals surface area (Å²) >= 11 is 0. The van der Waals surface area contributed by atoms with Gasteiger partial charge in [-0.1, -0.05) is 44.8 Å². The molecule has 0 saturated heterocycles. The second-order valence-electron chi connectivity index (χ2n) is 7.74. The highest BCUT2D eigenvalue weighted by Crippen LogP contribution is 2.51. The number of fused-ring (bicyclic) bond motifs is 2. The van der Waals surface area contributed by atoms with Gasteiger partial charge >= 0.3 is 5.97 Å². The minimum atomic E-state index is -0.691. The first-order valence-corrected chi connectivity index (χ1v) is 10.2. The number of carboxylic acid groups (broad SMARTS) is 1. The lowest BCUT2D eigenvalue weighted by Gasteiger charge is -2.30. The molecular formula is C21H36O3. The number of hydrogen-bond acceptors (Lipinski definition) is 2. The van der Waals surface area contributed by atoms with Gasteiger partial charge in [0.05, 0.1) is 6.10 Å². The fraction of sp³-hybridized carbons (Fsp3) is 0.857. The lowest BCUT2D eigenvalue weighted by Crippen LogP contribution is -2.30. The molecule has 0 heterocycles. The summed E-state index contributed by atoms with van der Waals surface area (Å²) in [6.45, 7) is 3.20. The van der Waals surface area contributed by atoms with E-state index in [2.05, 4.69) is 19.1 Å².